The monoisotopic (exact) mass is 333 g/mol. The van der Waals surface area contributed by atoms with Crippen molar-refractivity contribution < 1.29 is 0 Å². The van der Waals surface area contributed by atoms with Crippen LogP contribution in [0.1, 0.15) is 56.2 Å². The first-order chi connectivity index (χ1) is 12.2. The number of hydrogen-bond donors (Lipinski definition) is 0. The molecule has 0 spiro atoms. The van der Waals surface area contributed by atoms with Gasteiger partial charge in [0.15, 0.2) is 0 Å². The molecule has 2 aromatic carbocycles. The largest absolute Gasteiger partial charge is 0.295 e. The van der Waals surface area contributed by atoms with E-state index in [0.29, 0.717) is 11.5 Å². The summed E-state index contributed by atoms with van der Waals surface area (Å²) in [5.41, 5.74) is 5.06. The summed E-state index contributed by atoms with van der Waals surface area (Å²) in [4.78, 5) is 2.79. The highest BCUT2D eigenvalue weighted by molar-refractivity contribution is 5.40. The van der Waals surface area contributed by atoms with E-state index in [1.807, 2.05) is 0 Å². The predicted octanol–water partition coefficient (Wildman–Crippen LogP) is 5.58. The second kappa shape index (κ2) is 6.96. The number of nitrogens with zero attached hydrogens (tertiary/aromatic N) is 1. The van der Waals surface area contributed by atoms with Gasteiger partial charge in [-0.3, -0.25) is 4.90 Å². The molecule has 0 aromatic heterocycles. The van der Waals surface area contributed by atoms with E-state index >= 15 is 0 Å². The van der Waals surface area contributed by atoms with Crippen molar-refractivity contribution >= 4 is 0 Å². The summed E-state index contributed by atoms with van der Waals surface area (Å²) in [6.45, 7) is 7.22. The molecule has 1 heteroatoms. The molecule has 4 rings (SSSR count). The number of unbranched alkanes of at least 4 members (excludes halogenated alkanes) is 1. The average molecular weight is 334 g/mol. The maximum Gasteiger partial charge on any atom is 0.0236 e. The molecule has 1 aliphatic heterocycles. The molecule has 1 fully saturated rings. The molecule has 2 bridgehead atoms. The summed E-state index contributed by atoms with van der Waals surface area (Å²) >= 11 is 0. The molecule has 1 heterocycles. The van der Waals surface area contributed by atoms with Crippen molar-refractivity contribution in [1.82, 2.24) is 4.90 Å². The SMILES string of the molecule is CCCC[C@H]1[C@@H]2Cc3ccccc3[C@@]1(C)CCN2Cc1ccccc1. The van der Waals surface area contributed by atoms with Crippen LogP contribution in [0.5, 0.6) is 0 Å². The Labute approximate surface area is 153 Å². The van der Waals surface area contributed by atoms with Crippen molar-refractivity contribution in [3.8, 4) is 0 Å². The van der Waals surface area contributed by atoms with Crippen LogP contribution in [0, 0.1) is 5.92 Å². The third-order valence-electron chi connectivity index (χ3n) is 6.83. The van der Waals surface area contributed by atoms with Crippen LogP contribution in [0.2, 0.25) is 0 Å². The third-order valence-corrected chi connectivity index (χ3v) is 6.83. The summed E-state index contributed by atoms with van der Waals surface area (Å²) in [5.74, 6) is 0.791. The zero-order valence-electron chi connectivity index (χ0n) is 15.7. The number of piperidine rings is 1. The second-order valence-corrected chi connectivity index (χ2v) is 8.30. The van der Waals surface area contributed by atoms with Crippen molar-refractivity contribution in [2.45, 2.75) is 64.0 Å². The van der Waals surface area contributed by atoms with Gasteiger partial charge in [0, 0.05) is 12.6 Å². The minimum Gasteiger partial charge on any atom is -0.295 e. The smallest absolute Gasteiger partial charge is 0.0236 e. The van der Waals surface area contributed by atoms with Crippen molar-refractivity contribution in [2.75, 3.05) is 6.54 Å². The van der Waals surface area contributed by atoms with Crippen molar-refractivity contribution in [1.29, 1.82) is 0 Å². The van der Waals surface area contributed by atoms with Crippen molar-refractivity contribution in [3.63, 3.8) is 0 Å². The minimum absolute atomic E-state index is 0.363. The Balaban J connectivity index is 1.67. The lowest BCUT2D eigenvalue weighted by molar-refractivity contribution is 0.0111. The van der Waals surface area contributed by atoms with E-state index in [1.54, 1.807) is 11.1 Å². The van der Waals surface area contributed by atoms with E-state index in [1.165, 1.54) is 44.2 Å². The first-order valence-electron chi connectivity index (χ1n) is 10.1. The first-order valence-corrected chi connectivity index (χ1v) is 10.1. The van der Waals surface area contributed by atoms with Gasteiger partial charge >= 0.3 is 0 Å². The lowest BCUT2D eigenvalue weighted by atomic mass is 9.57. The van der Waals surface area contributed by atoms with Crippen LogP contribution in [0.15, 0.2) is 54.6 Å². The molecule has 0 unspecified atom stereocenters. The van der Waals surface area contributed by atoms with Gasteiger partial charge in [0.25, 0.3) is 0 Å². The van der Waals surface area contributed by atoms with Crippen LogP contribution in [-0.4, -0.2) is 17.5 Å². The quantitative estimate of drug-likeness (QED) is 0.690. The highest BCUT2D eigenvalue weighted by atomic mass is 15.2. The van der Waals surface area contributed by atoms with E-state index < -0.39 is 0 Å². The standard InChI is InChI=1S/C24H31N/c1-3-4-13-22-23-17-20-12-8-9-14-21(20)24(22,2)15-16-25(23)18-19-10-6-5-7-11-19/h5-12,14,22-23H,3-4,13,15-18H2,1-2H3/t22-,23-,24+/m0/s1. The van der Waals surface area contributed by atoms with Crippen LogP contribution in [0.4, 0.5) is 0 Å². The number of fused-ring (bicyclic) bond motifs is 4. The summed E-state index contributed by atoms with van der Waals surface area (Å²) in [7, 11) is 0. The normalized spacial score (nSPS) is 28.6. The van der Waals surface area contributed by atoms with Gasteiger partial charge in [0.05, 0.1) is 0 Å². The molecule has 0 amide bonds. The molecular weight excluding hydrogens is 302 g/mol. The molecule has 0 saturated carbocycles. The van der Waals surface area contributed by atoms with Gasteiger partial charge in [-0.15, -0.1) is 0 Å². The molecule has 1 saturated heterocycles. The fraction of sp³-hybridized carbons (Fsp3) is 0.500. The molecule has 2 aliphatic rings. The number of rotatable bonds is 5. The van der Waals surface area contributed by atoms with Crippen LogP contribution in [0.25, 0.3) is 0 Å². The highest BCUT2D eigenvalue weighted by Gasteiger charge is 2.49. The molecule has 1 aliphatic carbocycles. The molecule has 0 N–H and O–H groups in total. The Morgan fingerprint density at radius 3 is 2.60 bits per heavy atom. The molecule has 2 aromatic rings. The maximum atomic E-state index is 2.79. The van der Waals surface area contributed by atoms with E-state index in [0.717, 1.165) is 12.5 Å². The van der Waals surface area contributed by atoms with Crippen LogP contribution in [-0.2, 0) is 18.4 Å². The fourth-order valence-electron chi connectivity index (χ4n) is 5.44. The Bertz CT molecular complexity index is 707. The zero-order chi connectivity index (χ0) is 17.3. The molecule has 25 heavy (non-hydrogen) atoms. The molecule has 0 radical (unpaired) electrons. The lowest BCUT2D eigenvalue weighted by Crippen LogP contribution is -2.58. The summed E-state index contributed by atoms with van der Waals surface area (Å²) in [6.07, 6.45) is 6.56. The average Bonchev–Trinajstić information content (AvgIpc) is 2.64. The van der Waals surface area contributed by atoms with Crippen LogP contribution < -0.4 is 0 Å². The number of benzene rings is 2. The second-order valence-electron chi connectivity index (χ2n) is 8.30. The van der Waals surface area contributed by atoms with Gasteiger partial charge in [-0.05, 0) is 53.8 Å². The van der Waals surface area contributed by atoms with Gasteiger partial charge in [-0.1, -0.05) is 81.3 Å². The lowest BCUT2D eigenvalue weighted by Gasteiger charge is -2.56. The zero-order valence-corrected chi connectivity index (χ0v) is 15.7. The van der Waals surface area contributed by atoms with Crippen LogP contribution >= 0.6 is 0 Å². The highest BCUT2D eigenvalue weighted by Crippen LogP contribution is 2.50. The van der Waals surface area contributed by atoms with Gasteiger partial charge < -0.3 is 0 Å². The van der Waals surface area contributed by atoms with E-state index in [2.05, 4.69) is 73.3 Å². The Morgan fingerprint density at radius 2 is 1.80 bits per heavy atom. The predicted molar refractivity (Wildman–Crippen MR) is 106 cm³/mol. The Hall–Kier alpha value is -1.60. The Kier molecular flexibility index (Phi) is 4.69. The van der Waals surface area contributed by atoms with Gasteiger partial charge in [-0.2, -0.15) is 0 Å². The summed E-state index contributed by atoms with van der Waals surface area (Å²) < 4.78 is 0. The minimum atomic E-state index is 0.363. The fourth-order valence-corrected chi connectivity index (χ4v) is 5.44. The molecule has 3 atom stereocenters. The van der Waals surface area contributed by atoms with Gasteiger partial charge in [-0.25, -0.2) is 0 Å². The van der Waals surface area contributed by atoms with E-state index in [9.17, 15) is 0 Å². The Morgan fingerprint density at radius 1 is 1.04 bits per heavy atom. The topological polar surface area (TPSA) is 3.24 Å². The molecule has 1 nitrogen and oxygen atoms in total. The molecular formula is C24H31N. The van der Waals surface area contributed by atoms with E-state index in [-0.39, 0.29) is 0 Å². The van der Waals surface area contributed by atoms with Crippen LogP contribution in [0.3, 0.4) is 0 Å². The summed E-state index contributed by atoms with van der Waals surface area (Å²) in [5, 5.41) is 0. The van der Waals surface area contributed by atoms with Gasteiger partial charge in [0.1, 0.15) is 0 Å². The first kappa shape index (κ1) is 16.8. The number of hydrogen-bond acceptors (Lipinski definition) is 1. The molecule has 132 valence electrons. The van der Waals surface area contributed by atoms with Crippen molar-refractivity contribution in [2.24, 2.45) is 5.92 Å². The van der Waals surface area contributed by atoms with E-state index in [4.69, 9.17) is 0 Å². The van der Waals surface area contributed by atoms with Crippen molar-refractivity contribution in [3.05, 3.63) is 71.3 Å². The summed E-state index contributed by atoms with van der Waals surface area (Å²) in [6, 6.07) is 21.0. The number of likely N-dealkylation sites (tertiary alicyclic amines) is 1. The van der Waals surface area contributed by atoms with Gasteiger partial charge in [0.2, 0.25) is 0 Å². The third kappa shape index (κ3) is 3.04. The maximum absolute atomic E-state index is 2.79.